The van der Waals surface area contributed by atoms with Gasteiger partial charge < -0.3 is 16.2 Å². The molecule has 1 saturated carbocycles. The molecule has 0 amide bonds. The molecular formula is C16H29N3O2. The summed E-state index contributed by atoms with van der Waals surface area (Å²) in [6, 6.07) is 0.0201. The average molecular weight is 295 g/mol. The smallest absolute Gasteiger partial charge is 0.321 e. The first-order valence-corrected chi connectivity index (χ1v) is 8.23. The van der Waals surface area contributed by atoms with Crippen LogP contribution in [0.15, 0.2) is 11.9 Å². The zero-order chi connectivity index (χ0) is 15.2. The first-order chi connectivity index (χ1) is 10.1. The van der Waals surface area contributed by atoms with Crippen molar-refractivity contribution in [3.63, 3.8) is 0 Å². The molecule has 1 aliphatic carbocycles. The van der Waals surface area contributed by atoms with Crippen LogP contribution in [0.5, 0.6) is 0 Å². The zero-order valence-electron chi connectivity index (χ0n) is 13.1. The Morgan fingerprint density at radius 3 is 2.52 bits per heavy atom. The van der Waals surface area contributed by atoms with Gasteiger partial charge >= 0.3 is 5.97 Å². The van der Waals surface area contributed by atoms with Gasteiger partial charge in [-0.1, -0.05) is 6.92 Å². The van der Waals surface area contributed by atoms with Crippen molar-refractivity contribution in [1.82, 2.24) is 10.2 Å². The monoisotopic (exact) mass is 295 g/mol. The summed E-state index contributed by atoms with van der Waals surface area (Å²) in [7, 11) is 0. The highest BCUT2D eigenvalue weighted by molar-refractivity contribution is 5.73. The van der Waals surface area contributed by atoms with Gasteiger partial charge in [-0.3, -0.25) is 9.69 Å². The first-order valence-electron chi connectivity index (χ1n) is 8.23. The summed E-state index contributed by atoms with van der Waals surface area (Å²) < 4.78 is 0. The molecule has 21 heavy (non-hydrogen) atoms. The third kappa shape index (κ3) is 4.92. The van der Waals surface area contributed by atoms with Gasteiger partial charge in [-0.05, 0) is 57.5 Å². The number of likely N-dealkylation sites (tertiary alicyclic amines) is 1. The lowest BCUT2D eigenvalue weighted by Crippen LogP contribution is -2.40. The minimum atomic E-state index is -0.764. The van der Waals surface area contributed by atoms with Gasteiger partial charge in [0.05, 0.1) is 0 Å². The second-order valence-corrected chi connectivity index (χ2v) is 6.64. The van der Waals surface area contributed by atoms with Gasteiger partial charge in [0, 0.05) is 24.4 Å². The van der Waals surface area contributed by atoms with Crippen LogP contribution in [0.2, 0.25) is 0 Å². The lowest BCUT2D eigenvalue weighted by atomic mass is 9.87. The number of nitrogens with one attached hydrogen (secondary N) is 1. The Balaban J connectivity index is 1.81. The summed E-state index contributed by atoms with van der Waals surface area (Å²) in [5.74, 6) is 0.0654. The minimum absolute atomic E-state index is 0.408. The molecule has 0 aromatic heterocycles. The number of aliphatic carboxylic acids is 1. The fraction of sp³-hybridized carbons (Fsp3) is 0.812. The van der Waals surface area contributed by atoms with E-state index in [2.05, 4.69) is 12.2 Å². The molecular weight excluding hydrogens is 266 g/mol. The summed E-state index contributed by atoms with van der Waals surface area (Å²) in [6.07, 6.45) is 9.31. The molecule has 0 aromatic carbocycles. The summed E-state index contributed by atoms with van der Waals surface area (Å²) in [5.41, 5.74) is 6.68. The fourth-order valence-corrected chi connectivity index (χ4v) is 3.36. The van der Waals surface area contributed by atoms with E-state index in [4.69, 9.17) is 5.73 Å². The van der Waals surface area contributed by atoms with Crippen LogP contribution < -0.4 is 11.1 Å². The molecule has 4 N–H and O–H groups in total. The highest BCUT2D eigenvalue weighted by Crippen LogP contribution is 2.23. The normalized spacial score (nSPS) is 29.3. The Hall–Kier alpha value is -1.23. The Bertz CT molecular complexity index is 370. The van der Waals surface area contributed by atoms with E-state index in [1.165, 1.54) is 25.7 Å². The summed E-state index contributed by atoms with van der Waals surface area (Å²) in [5, 5.41) is 12.8. The average Bonchev–Trinajstić information content (AvgIpc) is 2.97. The number of hydrogen-bond acceptors (Lipinski definition) is 4. The topological polar surface area (TPSA) is 78.6 Å². The number of carboxylic acid groups (broad SMARTS) is 1. The highest BCUT2D eigenvalue weighted by Gasteiger charge is 2.28. The maximum absolute atomic E-state index is 11.4. The molecule has 0 bridgehead atoms. The zero-order valence-corrected chi connectivity index (χ0v) is 13.1. The van der Waals surface area contributed by atoms with E-state index in [-0.39, 0.29) is 0 Å². The van der Waals surface area contributed by atoms with Crippen LogP contribution in [-0.2, 0) is 4.79 Å². The molecule has 1 aliphatic heterocycles. The molecule has 120 valence electrons. The summed E-state index contributed by atoms with van der Waals surface area (Å²) in [4.78, 5) is 13.5. The summed E-state index contributed by atoms with van der Waals surface area (Å²) >= 11 is 0. The molecule has 0 radical (unpaired) electrons. The molecule has 5 nitrogen and oxygen atoms in total. The number of rotatable bonds is 6. The van der Waals surface area contributed by atoms with Crippen molar-refractivity contribution in [2.45, 2.75) is 64.0 Å². The first kappa shape index (κ1) is 16.1. The van der Waals surface area contributed by atoms with Crippen molar-refractivity contribution < 1.29 is 9.90 Å². The molecule has 1 saturated heterocycles. The van der Waals surface area contributed by atoms with E-state index in [9.17, 15) is 9.90 Å². The van der Waals surface area contributed by atoms with Gasteiger partial charge in [0.15, 0.2) is 0 Å². The van der Waals surface area contributed by atoms with Gasteiger partial charge in [0.1, 0.15) is 6.04 Å². The SMILES string of the molecule is CC1CCC(N/C=C(\N)CC(C(=O)O)N2CCCC2)CC1. The predicted molar refractivity (Wildman–Crippen MR) is 83.7 cm³/mol. The van der Waals surface area contributed by atoms with Gasteiger partial charge in [-0.25, -0.2) is 0 Å². The number of carboxylic acids is 1. The molecule has 2 aliphatic rings. The largest absolute Gasteiger partial charge is 0.480 e. The van der Waals surface area contributed by atoms with Crippen LogP contribution in [0.4, 0.5) is 0 Å². The molecule has 0 aromatic rings. The van der Waals surface area contributed by atoms with E-state index in [0.717, 1.165) is 31.8 Å². The van der Waals surface area contributed by atoms with Crippen LogP contribution in [0, 0.1) is 5.92 Å². The molecule has 1 unspecified atom stereocenters. The van der Waals surface area contributed by atoms with E-state index in [0.29, 0.717) is 18.2 Å². The third-order valence-electron chi connectivity index (χ3n) is 4.82. The highest BCUT2D eigenvalue weighted by atomic mass is 16.4. The van der Waals surface area contributed by atoms with Crippen molar-refractivity contribution in [2.75, 3.05) is 13.1 Å². The fourth-order valence-electron chi connectivity index (χ4n) is 3.36. The Kier molecular flexibility index (Phi) is 5.91. The maximum atomic E-state index is 11.4. The van der Waals surface area contributed by atoms with Crippen molar-refractivity contribution in [1.29, 1.82) is 0 Å². The Morgan fingerprint density at radius 1 is 1.33 bits per heavy atom. The number of nitrogens with two attached hydrogens (primary N) is 1. The number of nitrogens with zero attached hydrogens (tertiary/aromatic N) is 1. The molecule has 2 fully saturated rings. The summed E-state index contributed by atoms with van der Waals surface area (Å²) in [6.45, 7) is 4.05. The predicted octanol–water partition coefficient (Wildman–Crippen LogP) is 1.89. The molecule has 1 atom stereocenters. The van der Waals surface area contributed by atoms with Crippen LogP contribution in [0.1, 0.15) is 51.9 Å². The van der Waals surface area contributed by atoms with E-state index >= 15 is 0 Å². The second-order valence-electron chi connectivity index (χ2n) is 6.64. The van der Waals surface area contributed by atoms with E-state index in [1.807, 2.05) is 11.1 Å². The van der Waals surface area contributed by atoms with Crippen molar-refractivity contribution in [2.24, 2.45) is 11.7 Å². The van der Waals surface area contributed by atoms with Crippen molar-refractivity contribution in [3.05, 3.63) is 11.9 Å². The Labute approximate surface area is 127 Å². The van der Waals surface area contributed by atoms with Crippen molar-refractivity contribution >= 4 is 5.97 Å². The molecule has 2 rings (SSSR count). The van der Waals surface area contributed by atoms with Gasteiger partial charge in [-0.15, -0.1) is 0 Å². The third-order valence-corrected chi connectivity index (χ3v) is 4.82. The van der Waals surface area contributed by atoms with Gasteiger partial charge in [0.25, 0.3) is 0 Å². The van der Waals surface area contributed by atoms with E-state index in [1.54, 1.807) is 0 Å². The van der Waals surface area contributed by atoms with Crippen LogP contribution in [-0.4, -0.2) is 41.1 Å². The second kappa shape index (κ2) is 7.69. The lowest BCUT2D eigenvalue weighted by Gasteiger charge is -2.27. The molecule has 0 spiro atoms. The molecule has 5 heteroatoms. The number of hydrogen-bond donors (Lipinski definition) is 3. The van der Waals surface area contributed by atoms with Gasteiger partial charge in [0.2, 0.25) is 0 Å². The molecule has 1 heterocycles. The Morgan fingerprint density at radius 2 is 1.95 bits per heavy atom. The van der Waals surface area contributed by atoms with Crippen molar-refractivity contribution in [3.8, 4) is 0 Å². The number of carbonyl (C=O) groups is 1. The minimum Gasteiger partial charge on any atom is -0.480 e. The van der Waals surface area contributed by atoms with Crippen LogP contribution >= 0.6 is 0 Å². The van der Waals surface area contributed by atoms with Gasteiger partial charge in [-0.2, -0.15) is 0 Å². The maximum Gasteiger partial charge on any atom is 0.321 e. The van der Waals surface area contributed by atoms with Crippen LogP contribution in [0.3, 0.4) is 0 Å². The van der Waals surface area contributed by atoms with Crippen LogP contribution in [0.25, 0.3) is 0 Å². The lowest BCUT2D eigenvalue weighted by molar-refractivity contribution is -0.142. The van der Waals surface area contributed by atoms with E-state index < -0.39 is 12.0 Å². The standard InChI is InChI=1S/C16H29N3O2/c1-12-4-6-14(7-5-12)18-11-13(17)10-15(16(20)21)19-8-2-3-9-19/h11-12,14-15,18H,2-10,17H2,1H3,(H,20,21)/b13-11-. The quantitative estimate of drug-likeness (QED) is 0.697.